The molecule has 2 heterocycles. The van der Waals surface area contributed by atoms with E-state index in [1.54, 1.807) is 0 Å². The van der Waals surface area contributed by atoms with E-state index < -0.39 is 0 Å². The molecule has 0 amide bonds. The third-order valence-corrected chi connectivity index (χ3v) is 3.42. The molecule has 1 unspecified atom stereocenters. The van der Waals surface area contributed by atoms with Gasteiger partial charge in [0.25, 0.3) is 0 Å². The Morgan fingerprint density at radius 3 is 2.53 bits per heavy atom. The molecule has 0 radical (unpaired) electrons. The minimum atomic E-state index is 0.262. The summed E-state index contributed by atoms with van der Waals surface area (Å²) in [5.74, 6) is 0.713. The van der Waals surface area contributed by atoms with Gasteiger partial charge in [-0.05, 0) is 31.5 Å². The Balaban J connectivity index is 1.72. The molecule has 1 aliphatic rings. The van der Waals surface area contributed by atoms with Crippen LogP contribution in [0.25, 0.3) is 11.1 Å². The monoisotopic (exact) mass is 254 g/mol. The zero-order valence-electron chi connectivity index (χ0n) is 11.1. The molecule has 3 rings (SSSR count). The van der Waals surface area contributed by atoms with Gasteiger partial charge in [-0.3, -0.25) is 0 Å². The van der Waals surface area contributed by atoms with Crippen LogP contribution in [0, 0.1) is 6.92 Å². The number of aromatic nitrogens is 1. The number of ether oxygens (including phenoxy) is 1. The summed E-state index contributed by atoms with van der Waals surface area (Å²) in [6, 6.07) is 12.5. The lowest BCUT2D eigenvalue weighted by Gasteiger charge is -2.11. The molecule has 1 aromatic heterocycles. The fourth-order valence-electron chi connectivity index (χ4n) is 2.27. The molecule has 1 N–H and O–H groups in total. The first-order valence-electron chi connectivity index (χ1n) is 6.72. The van der Waals surface area contributed by atoms with Crippen LogP contribution < -0.4 is 10.1 Å². The number of benzene rings is 1. The molecule has 3 nitrogen and oxygen atoms in total. The fourth-order valence-corrected chi connectivity index (χ4v) is 2.27. The van der Waals surface area contributed by atoms with E-state index in [0.29, 0.717) is 5.88 Å². The standard InChI is InChI=1S/C16H18N2O/c1-12-2-4-13(5-3-12)14-6-7-16(18-10-14)19-15-8-9-17-11-15/h2-7,10,15,17H,8-9,11H2,1H3. The van der Waals surface area contributed by atoms with Gasteiger partial charge in [-0.15, -0.1) is 0 Å². The Bertz CT molecular complexity index is 528. The number of aryl methyl sites for hydroxylation is 1. The van der Waals surface area contributed by atoms with Crippen LogP contribution in [-0.2, 0) is 0 Å². The third kappa shape index (κ3) is 2.93. The summed E-state index contributed by atoms with van der Waals surface area (Å²) in [6.45, 7) is 4.04. The van der Waals surface area contributed by atoms with Gasteiger partial charge in [0.15, 0.2) is 0 Å². The van der Waals surface area contributed by atoms with Crippen LogP contribution in [0.5, 0.6) is 5.88 Å². The molecule has 0 spiro atoms. The van der Waals surface area contributed by atoms with Crippen molar-refractivity contribution in [3.8, 4) is 17.0 Å². The Kier molecular flexibility index (Phi) is 3.47. The summed E-state index contributed by atoms with van der Waals surface area (Å²) in [5.41, 5.74) is 3.58. The van der Waals surface area contributed by atoms with Crippen LogP contribution in [0.2, 0.25) is 0 Å². The molecule has 3 heteroatoms. The second kappa shape index (κ2) is 5.41. The van der Waals surface area contributed by atoms with E-state index in [9.17, 15) is 0 Å². The van der Waals surface area contributed by atoms with Gasteiger partial charge in [0.2, 0.25) is 5.88 Å². The molecule has 19 heavy (non-hydrogen) atoms. The fraction of sp³-hybridized carbons (Fsp3) is 0.312. The van der Waals surface area contributed by atoms with Crippen LogP contribution in [0.4, 0.5) is 0 Å². The van der Waals surface area contributed by atoms with Gasteiger partial charge < -0.3 is 10.1 Å². The minimum Gasteiger partial charge on any atom is -0.473 e. The number of hydrogen-bond acceptors (Lipinski definition) is 3. The average Bonchev–Trinajstić information content (AvgIpc) is 2.94. The molecule has 98 valence electrons. The van der Waals surface area contributed by atoms with Gasteiger partial charge in [-0.2, -0.15) is 0 Å². The predicted octanol–water partition coefficient (Wildman–Crippen LogP) is 2.80. The van der Waals surface area contributed by atoms with Crippen molar-refractivity contribution in [1.29, 1.82) is 0 Å². The molecular weight excluding hydrogens is 236 g/mol. The van der Waals surface area contributed by atoms with E-state index in [-0.39, 0.29) is 6.10 Å². The number of hydrogen-bond donors (Lipinski definition) is 1. The summed E-state index contributed by atoms with van der Waals surface area (Å²) >= 11 is 0. The van der Waals surface area contributed by atoms with Crippen molar-refractivity contribution in [1.82, 2.24) is 10.3 Å². The highest BCUT2D eigenvalue weighted by atomic mass is 16.5. The van der Waals surface area contributed by atoms with Gasteiger partial charge in [-0.1, -0.05) is 29.8 Å². The molecular formula is C16H18N2O. The van der Waals surface area contributed by atoms with E-state index in [0.717, 1.165) is 25.1 Å². The molecule has 1 fully saturated rings. The third-order valence-electron chi connectivity index (χ3n) is 3.42. The van der Waals surface area contributed by atoms with E-state index in [4.69, 9.17) is 4.74 Å². The van der Waals surface area contributed by atoms with Crippen molar-refractivity contribution in [2.45, 2.75) is 19.4 Å². The minimum absolute atomic E-state index is 0.262. The van der Waals surface area contributed by atoms with Gasteiger partial charge in [0.1, 0.15) is 6.10 Å². The predicted molar refractivity (Wildman–Crippen MR) is 76.3 cm³/mol. The molecule has 1 aliphatic heterocycles. The number of pyridine rings is 1. The Labute approximate surface area is 113 Å². The van der Waals surface area contributed by atoms with Gasteiger partial charge >= 0.3 is 0 Å². The van der Waals surface area contributed by atoms with Crippen molar-refractivity contribution >= 4 is 0 Å². The van der Waals surface area contributed by atoms with Crippen molar-refractivity contribution < 1.29 is 4.74 Å². The summed E-state index contributed by atoms with van der Waals surface area (Å²) in [7, 11) is 0. The molecule has 1 aromatic carbocycles. The second-order valence-corrected chi connectivity index (χ2v) is 4.98. The van der Waals surface area contributed by atoms with E-state index in [2.05, 4.69) is 47.6 Å². The number of rotatable bonds is 3. The topological polar surface area (TPSA) is 34.1 Å². The maximum absolute atomic E-state index is 5.81. The van der Waals surface area contributed by atoms with Gasteiger partial charge in [0.05, 0.1) is 0 Å². The normalized spacial score (nSPS) is 18.5. The highest BCUT2D eigenvalue weighted by molar-refractivity contribution is 5.62. The van der Waals surface area contributed by atoms with Crippen molar-refractivity contribution in [2.75, 3.05) is 13.1 Å². The highest BCUT2D eigenvalue weighted by Gasteiger charge is 2.16. The summed E-state index contributed by atoms with van der Waals surface area (Å²) < 4.78 is 5.81. The lowest BCUT2D eigenvalue weighted by atomic mass is 10.1. The van der Waals surface area contributed by atoms with E-state index >= 15 is 0 Å². The Morgan fingerprint density at radius 1 is 1.11 bits per heavy atom. The molecule has 1 saturated heterocycles. The zero-order chi connectivity index (χ0) is 13.1. The van der Waals surface area contributed by atoms with Gasteiger partial charge in [-0.25, -0.2) is 4.98 Å². The van der Waals surface area contributed by atoms with Crippen LogP contribution in [-0.4, -0.2) is 24.2 Å². The molecule has 1 atom stereocenters. The second-order valence-electron chi connectivity index (χ2n) is 4.98. The zero-order valence-corrected chi connectivity index (χ0v) is 11.1. The smallest absolute Gasteiger partial charge is 0.213 e. The number of nitrogens with one attached hydrogen (secondary N) is 1. The molecule has 0 bridgehead atoms. The highest BCUT2D eigenvalue weighted by Crippen LogP contribution is 2.21. The van der Waals surface area contributed by atoms with E-state index in [1.165, 1.54) is 11.1 Å². The van der Waals surface area contributed by atoms with Crippen molar-refractivity contribution in [2.24, 2.45) is 0 Å². The van der Waals surface area contributed by atoms with Crippen LogP contribution in [0.3, 0.4) is 0 Å². The summed E-state index contributed by atoms with van der Waals surface area (Å²) in [6.07, 6.45) is 3.20. The Morgan fingerprint density at radius 2 is 1.89 bits per heavy atom. The first-order valence-corrected chi connectivity index (χ1v) is 6.72. The lowest BCUT2D eigenvalue weighted by molar-refractivity contribution is 0.214. The maximum Gasteiger partial charge on any atom is 0.213 e. The van der Waals surface area contributed by atoms with Crippen LogP contribution in [0.15, 0.2) is 42.6 Å². The lowest BCUT2D eigenvalue weighted by Crippen LogP contribution is -2.19. The first kappa shape index (κ1) is 12.2. The van der Waals surface area contributed by atoms with Crippen molar-refractivity contribution in [3.05, 3.63) is 48.2 Å². The number of nitrogens with zero attached hydrogens (tertiary/aromatic N) is 1. The van der Waals surface area contributed by atoms with Crippen LogP contribution >= 0.6 is 0 Å². The molecule has 2 aromatic rings. The molecule has 0 aliphatic carbocycles. The van der Waals surface area contributed by atoms with E-state index in [1.807, 2.05) is 12.3 Å². The first-order chi connectivity index (χ1) is 9.31. The van der Waals surface area contributed by atoms with Crippen molar-refractivity contribution in [3.63, 3.8) is 0 Å². The quantitative estimate of drug-likeness (QED) is 0.914. The Hall–Kier alpha value is -1.87. The van der Waals surface area contributed by atoms with Crippen LogP contribution in [0.1, 0.15) is 12.0 Å². The molecule has 0 saturated carbocycles. The largest absolute Gasteiger partial charge is 0.473 e. The average molecular weight is 254 g/mol. The summed E-state index contributed by atoms with van der Waals surface area (Å²) in [5, 5.41) is 3.28. The van der Waals surface area contributed by atoms with Gasteiger partial charge in [0, 0.05) is 24.4 Å². The maximum atomic E-state index is 5.81. The SMILES string of the molecule is Cc1ccc(-c2ccc(OC3CCNC3)nc2)cc1. The summed E-state index contributed by atoms with van der Waals surface area (Å²) in [4.78, 5) is 4.39.